The lowest BCUT2D eigenvalue weighted by Crippen LogP contribution is -2.39. The van der Waals surface area contributed by atoms with Crippen LogP contribution in [0.5, 0.6) is 0 Å². The highest BCUT2D eigenvalue weighted by Crippen LogP contribution is 2.49. The van der Waals surface area contributed by atoms with E-state index in [1.165, 1.54) is 42.0 Å². The van der Waals surface area contributed by atoms with Crippen molar-refractivity contribution in [3.63, 3.8) is 0 Å². The van der Waals surface area contributed by atoms with Crippen LogP contribution >= 0.6 is 11.3 Å². The van der Waals surface area contributed by atoms with Gasteiger partial charge in [-0.05, 0) is 50.4 Å². The van der Waals surface area contributed by atoms with Crippen LogP contribution in [0.3, 0.4) is 0 Å². The van der Waals surface area contributed by atoms with Gasteiger partial charge in [0.1, 0.15) is 0 Å². The molecule has 2 saturated carbocycles. The third kappa shape index (κ3) is 4.00. The highest BCUT2D eigenvalue weighted by Gasteiger charge is 2.38. The van der Waals surface area contributed by atoms with Crippen molar-refractivity contribution in [1.29, 1.82) is 0 Å². The van der Waals surface area contributed by atoms with E-state index in [2.05, 4.69) is 27.5 Å². The van der Waals surface area contributed by atoms with Crippen molar-refractivity contribution in [3.8, 4) is 0 Å². The molecule has 122 valence electrons. The molecule has 0 saturated heterocycles. The molecule has 2 aliphatic rings. The van der Waals surface area contributed by atoms with E-state index < -0.39 is 0 Å². The van der Waals surface area contributed by atoms with Crippen LogP contribution in [0.2, 0.25) is 0 Å². The summed E-state index contributed by atoms with van der Waals surface area (Å²) in [7, 11) is 1.85. The van der Waals surface area contributed by atoms with Gasteiger partial charge in [-0.2, -0.15) is 0 Å². The van der Waals surface area contributed by atoms with Crippen LogP contribution in [0.1, 0.15) is 42.0 Å². The molecule has 0 radical (unpaired) electrons. The predicted octanol–water partition coefficient (Wildman–Crippen LogP) is 2.99. The van der Waals surface area contributed by atoms with Gasteiger partial charge >= 0.3 is 0 Å². The fraction of sp³-hybridized carbons (Fsp3) is 0.765. The second-order valence-corrected chi connectivity index (χ2v) is 8.08. The van der Waals surface area contributed by atoms with Crippen LogP contribution in [0.15, 0.2) is 11.2 Å². The first-order valence-corrected chi connectivity index (χ1v) is 9.42. The van der Waals surface area contributed by atoms with Gasteiger partial charge in [0.05, 0.1) is 5.01 Å². The van der Waals surface area contributed by atoms with Crippen LogP contribution in [0.25, 0.3) is 0 Å². The molecule has 2 fully saturated rings. The Bertz CT molecular complexity index is 511. The molecule has 3 unspecified atom stereocenters. The Kier molecular flexibility index (Phi) is 5.34. The molecule has 0 aliphatic heterocycles. The van der Waals surface area contributed by atoms with Gasteiger partial charge < -0.3 is 10.6 Å². The number of hydrogen-bond donors (Lipinski definition) is 2. The SMILES string of the molecule is CN=C(NCCc1ncc(C)s1)NCCC1CC2CCC1C2. The molecule has 0 amide bonds. The number of fused-ring (bicyclic) bond motifs is 2. The lowest BCUT2D eigenvalue weighted by Gasteiger charge is -2.22. The van der Waals surface area contributed by atoms with Gasteiger partial charge in [-0.3, -0.25) is 4.99 Å². The molecule has 3 rings (SSSR count). The van der Waals surface area contributed by atoms with Crippen molar-refractivity contribution in [2.24, 2.45) is 22.7 Å². The molecular formula is C17H28N4S. The summed E-state index contributed by atoms with van der Waals surface area (Å²) in [5, 5.41) is 8.06. The first-order chi connectivity index (χ1) is 10.7. The molecule has 4 nitrogen and oxygen atoms in total. The average molecular weight is 321 g/mol. The van der Waals surface area contributed by atoms with Crippen molar-refractivity contribution in [3.05, 3.63) is 16.1 Å². The number of aromatic nitrogens is 1. The fourth-order valence-electron chi connectivity index (χ4n) is 4.13. The van der Waals surface area contributed by atoms with Gasteiger partial charge in [-0.1, -0.05) is 6.42 Å². The van der Waals surface area contributed by atoms with Crippen molar-refractivity contribution >= 4 is 17.3 Å². The quantitative estimate of drug-likeness (QED) is 0.626. The minimum absolute atomic E-state index is 0.890. The Morgan fingerprint density at radius 1 is 1.32 bits per heavy atom. The molecular weight excluding hydrogens is 292 g/mol. The van der Waals surface area contributed by atoms with Crippen molar-refractivity contribution in [2.45, 2.75) is 45.4 Å². The van der Waals surface area contributed by atoms with Gasteiger partial charge in [-0.15, -0.1) is 11.3 Å². The Morgan fingerprint density at radius 3 is 2.82 bits per heavy atom. The summed E-state index contributed by atoms with van der Waals surface area (Å²) >= 11 is 1.78. The maximum Gasteiger partial charge on any atom is 0.190 e. The Morgan fingerprint density at radius 2 is 2.18 bits per heavy atom. The largest absolute Gasteiger partial charge is 0.356 e. The maximum atomic E-state index is 4.39. The first kappa shape index (κ1) is 15.8. The topological polar surface area (TPSA) is 49.3 Å². The number of nitrogens with zero attached hydrogens (tertiary/aromatic N) is 2. The van der Waals surface area contributed by atoms with Crippen molar-refractivity contribution < 1.29 is 0 Å². The summed E-state index contributed by atoms with van der Waals surface area (Å²) in [6, 6.07) is 0. The molecule has 2 N–H and O–H groups in total. The molecule has 2 bridgehead atoms. The Balaban J connectivity index is 1.32. The van der Waals surface area contributed by atoms with Gasteiger partial charge in [0, 0.05) is 37.6 Å². The van der Waals surface area contributed by atoms with Gasteiger partial charge in [0.2, 0.25) is 0 Å². The highest BCUT2D eigenvalue weighted by atomic mass is 32.1. The van der Waals surface area contributed by atoms with Gasteiger partial charge in [0.25, 0.3) is 0 Å². The number of rotatable bonds is 6. The van der Waals surface area contributed by atoms with Gasteiger partial charge in [-0.25, -0.2) is 4.98 Å². The van der Waals surface area contributed by atoms with Crippen LogP contribution < -0.4 is 10.6 Å². The number of aryl methyl sites for hydroxylation is 1. The number of thiazole rings is 1. The smallest absolute Gasteiger partial charge is 0.190 e. The molecule has 0 aromatic carbocycles. The molecule has 2 aliphatic carbocycles. The molecule has 0 spiro atoms. The number of hydrogen-bond acceptors (Lipinski definition) is 3. The van der Waals surface area contributed by atoms with E-state index in [1.807, 2.05) is 13.2 Å². The van der Waals surface area contributed by atoms with E-state index >= 15 is 0 Å². The lowest BCUT2D eigenvalue weighted by atomic mass is 9.86. The monoisotopic (exact) mass is 320 g/mol. The minimum Gasteiger partial charge on any atom is -0.356 e. The van der Waals surface area contributed by atoms with E-state index in [0.717, 1.165) is 43.2 Å². The zero-order chi connectivity index (χ0) is 15.4. The summed E-state index contributed by atoms with van der Waals surface area (Å²) in [5.41, 5.74) is 0. The minimum atomic E-state index is 0.890. The zero-order valence-corrected chi connectivity index (χ0v) is 14.6. The summed E-state index contributed by atoms with van der Waals surface area (Å²) < 4.78 is 0. The Hall–Kier alpha value is -1.10. The van der Waals surface area contributed by atoms with E-state index in [0.29, 0.717) is 0 Å². The van der Waals surface area contributed by atoms with Crippen LogP contribution in [-0.4, -0.2) is 31.1 Å². The van der Waals surface area contributed by atoms with Gasteiger partial charge in [0.15, 0.2) is 5.96 Å². The fourth-order valence-corrected chi connectivity index (χ4v) is 4.92. The summed E-state index contributed by atoms with van der Waals surface area (Å²) in [4.78, 5) is 9.99. The second-order valence-electron chi connectivity index (χ2n) is 6.76. The first-order valence-electron chi connectivity index (χ1n) is 8.60. The normalized spacial score (nSPS) is 27.4. The Labute approximate surface area is 137 Å². The third-order valence-corrected chi connectivity index (χ3v) is 6.19. The standard InChI is InChI=1S/C17H28N4S/c1-12-11-21-16(22-12)6-8-20-17(18-2)19-7-5-15-10-13-3-4-14(15)9-13/h11,13-15H,3-10H2,1-2H3,(H2,18,19,20). The second kappa shape index (κ2) is 7.44. The molecule has 1 heterocycles. The molecule has 22 heavy (non-hydrogen) atoms. The molecule has 1 aromatic rings. The number of guanidine groups is 1. The van der Waals surface area contributed by atoms with E-state index in [-0.39, 0.29) is 0 Å². The molecule has 5 heteroatoms. The number of aliphatic imine (C=N–C) groups is 1. The van der Waals surface area contributed by atoms with Crippen molar-refractivity contribution in [2.75, 3.05) is 20.1 Å². The summed E-state index contributed by atoms with van der Waals surface area (Å²) in [6.45, 7) is 4.04. The highest BCUT2D eigenvalue weighted by molar-refractivity contribution is 7.11. The third-order valence-electron chi connectivity index (χ3n) is 5.22. The van der Waals surface area contributed by atoms with Crippen LogP contribution in [0.4, 0.5) is 0 Å². The van der Waals surface area contributed by atoms with Crippen LogP contribution in [0, 0.1) is 24.7 Å². The van der Waals surface area contributed by atoms with E-state index in [9.17, 15) is 0 Å². The maximum absolute atomic E-state index is 4.39. The summed E-state index contributed by atoms with van der Waals surface area (Å²) in [6.07, 6.45) is 10.2. The molecule has 1 aromatic heterocycles. The predicted molar refractivity (Wildman–Crippen MR) is 93.5 cm³/mol. The van der Waals surface area contributed by atoms with E-state index in [4.69, 9.17) is 0 Å². The number of nitrogens with one attached hydrogen (secondary N) is 2. The summed E-state index contributed by atoms with van der Waals surface area (Å²) in [5.74, 6) is 3.96. The zero-order valence-electron chi connectivity index (χ0n) is 13.8. The average Bonchev–Trinajstić information content (AvgIpc) is 3.22. The molecule has 3 atom stereocenters. The van der Waals surface area contributed by atoms with Crippen molar-refractivity contribution in [1.82, 2.24) is 15.6 Å². The van der Waals surface area contributed by atoms with Crippen LogP contribution in [-0.2, 0) is 6.42 Å². The lowest BCUT2D eigenvalue weighted by molar-refractivity contribution is 0.315. The van der Waals surface area contributed by atoms with E-state index in [1.54, 1.807) is 11.3 Å².